The SMILES string of the molecule is CNC(c1ccc(F)c(C(F)(F)F)c1)c1c(Br)cnn1C. The molecule has 0 amide bonds. The smallest absolute Gasteiger partial charge is 0.308 e. The molecule has 2 rings (SSSR count). The third kappa shape index (κ3) is 3.11. The van der Waals surface area contributed by atoms with Crippen LogP contribution < -0.4 is 5.32 Å². The molecule has 0 aliphatic carbocycles. The second kappa shape index (κ2) is 5.76. The number of halogens is 5. The lowest BCUT2D eigenvalue weighted by atomic mass is 10.0. The number of aromatic nitrogens is 2. The van der Waals surface area contributed by atoms with Gasteiger partial charge >= 0.3 is 6.18 Å². The summed E-state index contributed by atoms with van der Waals surface area (Å²) in [6.07, 6.45) is -3.18. The van der Waals surface area contributed by atoms with Gasteiger partial charge < -0.3 is 5.32 Å². The second-order valence-corrected chi connectivity index (χ2v) is 5.31. The Labute approximate surface area is 127 Å². The molecular weight excluding hydrogens is 354 g/mol. The Kier molecular flexibility index (Phi) is 4.38. The van der Waals surface area contributed by atoms with Gasteiger partial charge in [-0.1, -0.05) is 6.07 Å². The first-order valence-electron chi connectivity index (χ1n) is 5.97. The number of aryl methyl sites for hydroxylation is 1. The summed E-state index contributed by atoms with van der Waals surface area (Å²) < 4.78 is 54.0. The highest BCUT2D eigenvalue weighted by Crippen LogP contribution is 2.35. The van der Waals surface area contributed by atoms with Crippen LogP contribution >= 0.6 is 15.9 Å². The van der Waals surface area contributed by atoms with E-state index in [2.05, 4.69) is 26.3 Å². The van der Waals surface area contributed by atoms with Gasteiger partial charge in [-0.15, -0.1) is 0 Å². The van der Waals surface area contributed by atoms with Gasteiger partial charge in [-0.3, -0.25) is 4.68 Å². The Morgan fingerprint density at radius 2 is 2.00 bits per heavy atom. The van der Waals surface area contributed by atoms with Crippen LogP contribution in [-0.4, -0.2) is 16.8 Å². The fourth-order valence-electron chi connectivity index (χ4n) is 2.15. The van der Waals surface area contributed by atoms with Gasteiger partial charge in [0.25, 0.3) is 0 Å². The van der Waals surface area contributed by atoms with Crippen LogP contribution in [0.25, 0.3) is 0 Å². The highest BCUT2D eigenvalue weighted by molar-refractivity contribution is 9.10. The van der Waals surface area contributed by atoms with Gasteiger partial charge in [-0.25, -0.2) is 4.39 Å². The fraction of sp³-hybridized carbons (Fsp3) is 0.308. The van der Waals surface area contributed by atoms with Crippen LogP contribution in [-0.2, 0) is 13.2 Å². The fourth-order valence-corrected chi connectivity index (χ4v) is 2.72. The van der Waals surface area contributed by atoms with Crippen LogP contribution in [0.3, 0.4) is 0 Å². The van der Waals surface area contributed by atoms with Crippen molar-refractivity contribution < 1.29 is 17.6 Å². The summed E-state index contributed by atoms with van der Waals surface area (Å²) in [5, 5.41) is 6.95. The largest absolute Gasteiger partial charge is 0.419 e. The molecule has 0 radical (unpaired) electrons. The van der Waals surface area contributed by atoms with Crippen LogP contribution in [0.2, 0.25) is 0 Å². The first kappa shape index (κ1) is 16.0. The van der Waals surface area contributed by atoms with E-state index in [4.69, 9.17) is 0 Å². The number of benzene rings is 1. The summed E-state index contributed by atoms with van der Waals surface area (Å²) >= 11 is 3.31. The van der Waals surface area contributed by atoms with E-state index >= 15 is 0 Å². The van der Waals surface area contributed by atoms with Gasteiger partial charge in [-0.05, 0) is 40.7 Å². The number of rotatable bonds is 3. The number of nitrogens with one attached hydrogen (secondary N) is 1. The zero-order chi connectivity index (χ0) is 15.8. The zero-order valence-electron chi connectivity index (χ0n) is 11.2. The van der Waals surface area contributed by atoms with Gasteiger partial charge in [0.2, 0.25) is 0 Å². The van der Waals surface area contributed by atoms with E-state index in [0.29, 0.717) is 15.7 Å². The molecule has 0 fully saturated rings. The Hall–Kier alpha value is -1.41. The van der Waals surface area contributed by atoms with Gasteiger partial charge in [0.1, 0.15) is 5.82 Å². The van der Waals surface area contributed by atoms with Crippen LogP contribution in [0.4, 0.5) is 17.6 Å². The molecule has 0 saturated carbocycles. The molecule has 3 nitrogen and oxygen atoms in total. The van der Waals surface area contributed by atoms with Crippen molar-refractivity contribution in [2.24, 2.45) is 7.05 Å². The van der Waals surface area contributed by atoms with Gasteiger partial charge in [-0.2, -0.15) is 18.3 Å². The quantitative estimate of drug-likeness (QED) is 0.841. The van der Waals surface area contributed by atoms with E-state index in [-0.39, 0.29) is 0 Å². The summed E-state index contributed by atoms with van der Waals surface area (Å²) in [4.78, 5) is 0. The lowest BCUT2D eigenvalue weighted by Crippen LogP contribution is -2.22. The lowest BCUT2D eigenvalue weighted by Gasteiger charge is -2.19. The molecule has 0 aliphatic rings. The molecule has 1 unspecified atom stereocenters. The highest BCUT2D eigenvalue weighted by atomic mass is 79.9. The van der Waals surface area contributed by atoms with Crippen LogP contribution in [0.15, 0.2) is 28.9 Å². The molecule has 0 saturated heterocycles. The van der Waals surface area contributed by atoms with E-state index in [9.17, 15) is 17.6 Å². The van der Waals surface area contributed by atoms with E-state index in [1.807, 2.05) is 0 Å². The van der Waals surface area contributed by atoms with E-state index < -0.39 is 23.6 Å². The van der Waals surface area contributed by atoms with Crippen molar-refractivity contribution in [1.82, 2.24) is 15.1 Å². The van der Waals surface area contributed by atoms with Crippen molar-refractivity contribution in [2.75, 3.05) is 7.05 Å². The molecule has 1 aromatic carbocycles. The van der Waals surface area contributed by atoms with Crippen molar-refractivity contribution in [3.05, 3.63) is 51.5 Å². The average molecular weight is 366 g/mol. The molecule has 1 atom stereocenters. The summed E-state index contributed by atoms with van der Waals surface area (Å²) in [5.41, 5.74) is -0.328. The molecule has 21 heavy (non-hydrogen) atoms. The second-order valence-electron chi connectivity index (χ2n) is 4.46. The summed E-state index contributed by atoms with van der Waals surface area (Å²) in [7, 11) is 3.29. The standard InChI is InChI=1S/C13H12BrF4N3/c1-19-11(12-9(14)6-20-21(12)2)7-3-4-10(15)8(5-7)13(16,17)18/h3-6,11,19H,1-2H3. The molecule has 0 bridgehead atoms. The number of hydrogen-bond donors (Lipinski definition) is 1. The minimum Gasteiger partial charge on any atom is -0.308 e. The lowest BCUT2D eigenvalue weighted by molar-refractivity contribution is -0.140. The maximum Gasteiger partial charge on any atom is 0.419 e. The summed E-state index contributed by atoms with van der Waals surface area (Å²) in [6.45, 7) is 0. The number of alkyl halides is 3. The molecule has 1 aromatic heterocycles. The van der Waals surface area contributed by atoms with Crippen molar-refractivity contribution in [3.63, 3.8) is 0 Å². The van der Waals surface area contributed by atoms with Gasteiger partial charge in [0.05, 0.1) is 28.0 Å². The molecule has 8 heteroatoms. The van der Waals surface area contributed by atoms with Crippen molar-refractivity contribution in [3.8, 4) is 0 Å². The van der Waals surface area contributed by atoms with E-state index in [1.54, 1.807) is 25.0 Å². The van der Waals surface area contributed by atoms with E-state index in [0.717, 1.165) is 12.1 Å². The third-order valence-electron chi connectivity index (χ3n) is 3.13. The Morgan fingerprint density at radius 1 is 1.33 bits per heavy atom. The summed E-state index contributed by atoms with van der Waals surface area (Å²) in [5.74, 6) is -1.29. The minimum atomic E-state index is -4.73. The molecule has 1 N–H and O–H groups in total. The highest BCUT2D eigenvalue weighted by Gasteiger charge is 2.35. The number of hydrogen-bond acceptors (Lipinski definition) is 2. The third-order valence-corrected chi connectivity index (χ3v) is 3.74. The van der Waals surface area contributed by atoms with Crippen LogP contribution in [0.5, 0.6) is 0 Å². The predicted octanol–water partition coefficient (Wildman–Crippen LogP) is 3.65. The van der Waals surface area contributed by atoms with Crippen LogP contribution in [0, 0.1) is 5.82 Å². The molecule has 114 valence electrons. The Bertz CT molecular complexity index is 632. The topological polar surface area (TPSA) is 29.9 Å². The van der Waals surface area contributed by atoms with Crippen molar-refractivity contribution in [1.29, 1.82) is 0 Å². The minimum absolute atomic E-state index is 0.301. The van der Waals surface area contributed by atoms with Crippen molar-refractivity contribution >= 4 is 15.9 Å². The van der Waals surface area contributed by atoms with Crippen LogP contribution in [0.1, 0.15) is 22.9 Å². The Morgan fingerprint density at radius 3 is 2.48 bits per heavy atom. The first-order chi connectivity index (χ1) is 9.75. The number of nitrogens with zero attached hydrogens (tertiary/aromatic N) is 2. The molecule has 1 heterocycles. The molecule has 2 aromatic rings. The summed E-state index contributed by atoms with van der Waals surface area (Å²) in [6, 6.07) is 2.42. The maximum atomic E-state index is 13.4. The molecular formula is C13H12BrF4N3. The average Bonchev–Trinajstić information content (AvgIpc) is 2.72. The van der Waals surface area contributed by atoms with Gasteiger partial charge in [0, 0.05) is 7.05 Å². The van der Waals surface area contributed by atoms with Gasteiger partial charge in [0.15, 0.2) is 0 Å². The first-order valence-corrected chi connectivity index (χ1v) is 6.76. The molecule has 0 spiro atoms. The normalized spacial score (nSPS) is 13.5. The monoisotopic (exact) mass is 365 g/mol. The predicted molar refractivity (Wildman–Crippen MR) is 73.2 cm³/mol. The zero-order valence-corrected chi connectivity index (χ0v) is 12.8. The van der Waals surface area contributed by atoms with Crippen molar-refractivity contribution in [2.45, 2.75) is 12.2 Å². The molecule has 0 aliphatic heterocycles. The van der Waals surface area contributed by atoms with E-state index in [1.165, 1.54) is 6.07 Å². The maximum absolute atomic E-state index is 13.4. The Balaban J connectivity index is 2.54.